The Labute approximate surface area is 281 Å². The van der Waals surface area contributed by atoms with Crippen LogP contribution in [0.1, 0.15) is 48.6 Å². The van der Waals surface area contributed by atoms with Crippen molar-refractivity contribution >= 4 is 28.7 Å². The zero-order valence-corrected chi connectivity index (χ0v) is 27.2. The summed E-state index contributed by atoms with van der Waals surface area (Å²) < 4.78 is 30.5. The normalized spacial score (nSPS) is 16.2. The summed E-state index contributed by atoms with van der Waals surface area (Å²) in [7, 11) is 0. The molecule has 0 spiro atoms. The molecule has 0 aliphatic carbocycles. The molecule has 4 heterocycles. The van der Waals surface area contributed by atoms with E-state index >= 15 is 0 Å². The fourth-order valence-corrected chi connectivity index (χ4v) is 6.24. The number of aryl methyl sites for hydroxylation is 1. The molecule has 0 fully saturated rings. The number of ether oxygens (including phenoxy) is 5. The van der Waals surface area contributed by atoms with E-state index in [4.69, 9.17) is 28.8 Å². The molecule has 49 heavy (non-hydrogen) atoms. The second kappa shape index (κ2) is 15.1. The quantitative estimate of drug-likeness (QED) is 0.113. The molecule has 6 rings (SSSR count). The Morgan fingerprint density at radius 1 is 1.00 bits per heavy atom. The number of carboxylic acid groups (broad SMARTS) is 1. The molecule has 1 N–H and O–H groups in total. The van der Waals surface area contributed by atoms with Crippen LogP contribution in [-0.2, 0) is 69.8 Å². The lowest BCUT2D eigenvalue weighted by atomic mass is 9.85. The van der Waals surface area contributed by atoms with Gasteiger partial charge >= 0.3 is 17.9 Å². The van der Waals surface area contributed by atoms with Gasteiger partial charge in [-0.05, 0) is 53.8 Å². The molecule has 258 valence electrons. The summed E-state index contributed by atoms with van der Waals surface area (Å²) in [5, 5.41) is 18.9. The van der Waals surface area contributed by atoms with Crippen molar-refractivity contribution in [1.82, 2.24) is 19.6 Å². The highest BCUT2D eigenvalue weighted by molar-refractivity contribution is 5.91. The number of nitrogens with zero attached hydrogens (tertiary/aromatic N) is 4. The molecular formula is C35H38N4O10. The van der Waals surface area contributed by atoms with E-state index in [1.54, 1.807) is 22.4 Å². The third kappa shape index (κ3) is 7.41. The van der Waals surface area contributed by atoms with Crippen molar-refractivity contribution in [1.29, 1.82) is 0 Å². The average Bonchev–Trinajstić information content (AvgIpc) is 3.70. The van der Waals surface area contributed by atoms with Gasteiger partial charge in [0.1, 0.15) is 13.2 Å². The van der Waals surface area contributed by atoms with Crippen molar-refractivity contribution in [2.75, 3.05) is 39.6 Å². The van der Waals surface area contributed by atoms with Crippen molar-refractivity contribution in [3.05, 3.63) is 81.4 Å². The fourth-order valence-electron chi connectivity index (χ4n) is 6.24. The van der Waals surface area contributed by atoms with Crippen LogP contribution in [0.15, 0.2) is 53.5 Å². The van der Waals surface area contributed by atoms with E-state index in [1.165, 1.54) is 0 Å². The number of rotatable bonds is 17. The second-order valence-electron chi connectivity index (χ2n) is 11.9. The van der Waals surface area contributed by atoms with Crippen LogP contribution in [0.2, 0.25) is 0 Å². The highest BCUT2D eigenvalue weighted by atomic mass is 16.6. The second-order valence-corrected chi connectivity index (χ2v) is 11.9. The minimum Gasteiger partial charge on any atom is -0.480 e. The molecule has 4 aromatic rings. The SMILES string of the molecule is CCC1(OC(=O)CCCc2cn(CCOCCOCCOCC(=O)O)nn2)C(=O)OCc2c1cc1n(c2=O)Cc2cc3ccccc3cc2-1. The number of esters is 2. The van der Waals surface area contributed by atoms with Gasteiger partial charge in [-0.15, -0.1) is 5.10 Å². The predicted molar refractivity (Wildman–Crippen MR) is 174 cm³/mol. The van der Waals surface area contributed by atoms with E-state index in [2.05, 4.69) is 22.4 Å². The number of pyridine rings is 1. The molecule has 2 aliphatic heterocycles. The lowest BCUT2D eigenvalue weighted by Crippen LogP contribution is -2.47. The van der Waals surface area contributed by atoms with Gasteiger partial charge in [0.25, 0.3) is 5.56 Å². The minimum atomic E-state index is -1.72. The summed E-state index contributed by atoms with van der Waals surface area (Å²) in [6.07, 6.45) is 2.80. The van der Waals surface area contributed by atoms with Crippen molar-refractivity contribution in [2.24, 2.45) is 0 Å². The summed E-state index contributed by atoms with van der Waals surface area (Å²) in [5.74, 6) is -2.28. The van der Waals surface area contributed by atoms with Gasteiger partial charge in [0, 0.05) is 23.7 Å². The topological polar surface area (TPSA) is 170 Å². The number of hydrogen-bond donors (Lipinski definition) is 1. The monoisotopic (exact) mass is 674 g/mol. The zero-order valence-electron chi connectivity index (χ0n) is 27.2. The van der Waals surface area contributed by atoms with Crippen LogP contribution in [0, 0.1) is 0 Å². The van der Waals surface area contributed by atoms with Gasteiger partial charge in [-0.3, -0.25) is 9.59 Å². The maximum atomic E-state index is 13.8. The average molecular weight is 675 g/mol. The maximum absolute atomic E-state index is 13.8. The molecule has 1 unspecified atom stereocenters. The molecule has 1 atom stereocenters. The summed E-state index contributed by atoms with van der Waals surface area (Å²) in [5.41, 5.74) is 2.05. The van der Waals surface area contributed by atoms with Gasteiger partial charge in [-0.25, -0.2) is 14.3 Å². The Kier molecular flexibility index (Phi) is 10.5. The van der Waals surface area contributed by atoms with Crippen LogP contribution in [0.25, 0.3) is 22.0 Å². The van der Waals surface area contributed by atoms with Crippen LogP contribution in [0.4, 0.5) is 0 Å². The molecule has 0 amide bonds. The molecular weight excluding hydrogens is 636 g/mol. The maximum Gasteiger partial charge on any atom is 0.355 e. The number of fused-ring (bicyclic) bond motifs is 5. The Morgan fingerprint density at radius 3 is 2.49 bits per heavy atom. The summed E-state index contributed by atoms with van der Waals surface area (Å²) in [4.78, 5) is 50.7. The Hall–Kier alpha value is -4.92. The van der Waals surface area contributed by atoms with Gasteiger partial charge in [-0.2, -0.15) is 0 Å². The van der Waals surface area contributed by atoms with E-state index in [0.717, 1.165) is 21.9 Å². The Balaban J connectivity index is 1.03. The molecule has 2 aliphatic rings. The van der Waals surface area contributed by atoms with Crippen molar-refractivity contribution in [3.8, 4) is 11.3 Å². The van der Waals surface area contributed by atoms with E-state index in [-0.39, 0.29) is 44.8 Å². The van der Waals surface area contributed by atoms with E-state index in [0.29, 0.717) is 68.3 Å². The van der Waals surface area contributed by atoms with Crippen molar-refractivity contribution in [2.45, 2.75) is 57.9 Å². The number of carbonyl (C=O) groups is 3. The van der Waals surface area contributed by atoms with Crippen LogP contribution in [0.5, 0.6) is 0 Å². The highest BCUT2D eigenvalue weighted by Crippen LogP contribution is 2.42. The van der Waals surface area contributed by atoms with Gasteiger partial charge < -0.3 is 33.4 Å². The predicted octanol–water partition coefficient (Wildman–Crippen LogP) is 2.98. The summed E-state index contributed by atoms with van der Waals surface area (Å²) >= 11 is 0. The standard InChI is InChI=1S/C35H38N4O10/c1-2-35(49-32(42)9-5-8-26-20-38(37-36-26)10-11-45-12-13-46-14-15-47-22-31(40)41)29-18-30-27-17-24-7-4-3-6-23(24)16-25(27)19-39(30)33(43)28(29)21-48-34(35)44/h3-4,6-7,16-18,20H,2,5,8-15,19,21-22H2,1H3,(H,40,41). The van der Waals surface area contributed by atoms with Gasteiger partial charge in [0.15, 0.2) is 0 Å². The summed E-state index contributed by atoms with van der Waals surface area (Å²) in [6.45, 7) is 3.68. The number of aliphatic carboxylic acids is 1. The molecule has 14 heteroatoms. The molecule has 0 radical (unpaired) electrons. The van der Waals surface area contributed by atoms with Gasteiger partial charge in [0.05, 0.1) is 63.1 Å². The lowest BCUT2D eigenvalue weighted by Gasteiger charge is -2.35. The van der Waals surface area contributed by atoms with Crippen LogP contribution in [-0.4, -0.2) is 82.2 Å². The molecule has 2 aromatic carbocycles. The van der Waals surface area contributed by atoms with Crippen molar-refractivity contribution < 1.29 is 43.2 Å². The highest BCUT2D eigenvalue weighted by Gasteiger charge is 2.50. The molecule has 0 saturated heterocycles. The van der Waals surface area contributed by atoms with Crippen LogP contribution >= 0.6 is 0 Å². The number of cyclic esters (lactones) is 1. The first-order chi connectivity index (χ1) is 23.8. The van der Waals surface area contributed by atoms with Crippen LogP contribution < -0.4 is 5.56 Å². The largest absolute Gasteiger partial charge is 0.480 e. The van der Waals surface area contributed by atoms with Crippen molar-refractivity contribution in [3.63, 3.8) is 0 Å². The number of carboxylic acids is 1. The third-order valence-corrected chi connectivity index (χ3v) is 8.71. The summed E-state index contributed by atoms with van der Waals surface area (Å²) in [6, 6.07) is 14.0. The number of carbonyl (C=O) groups excluding carboxylic acids is 2. The zero-order chi connectivity index (χ0) is 34.4. The van der Waals surface area contributed by atoms with E-state index < -0.39 is 23.5 Å². The van der Waals surface area contributed by atoms with Crippen LogP contribution in [0.3, 0.4) is 0 Å². The number of aromatic nitrogens is 4. The Morgan fingerprint density at radius 2 is 1.73 bits per heavy atom. The number of hydrogen-bond acceptors (Lipinski definition) is 11. The van der Waals surface area contributed by atoms with Gasteiger partial charge in [-0.1, -0.05) is 36.4 Å². The first-order valence-electron chi connectivity index (χ1n) is 16.3. The van der Waals surface area contributed by atoms with E-state index in [9.17, 15) is 19.2 Å². The molecule has 2 aromatic heterocycles. The molecule has 0 saturated carbocycles. The minimum absolute atomic E-state index is 0.0282. The van der Waals surface area contributed by atoms with E-state index in [1.807, 2.05) is 30.3 Å². The van der Waals surface area contributed by atoms with Gasteiger partial charge in [0.2, 0.25) is 5.60 Å². The molecule has 14 nitrogen and oxygen atoms in total. The lowest BCUT2D eigenvalue weighted by molar-refractivity contribution is -0.189. The first-order valence-corrected chi connectivity index (χ1v) is 16.3. The fraction of sp³-hybridized carbons (Fsp3) is 0.429. The molecule has 0 bridgehead atoms. The number of benzene rings is 2. The third-order valence-electron chi connectivity index (χ3n) is 8.71. The first kappa shape index (κ1) is 34.0. The smallest absolute Gasteiger partial charge is 0.355 e. The Bertz CT molecular complexity index is 1920.